The first-order valence-corrected chi connectivity index (χ1v) is 9.60. The molecule has 0 unspecified atom stereocenters. The van der Waals surface area contributed by atoms with Crippen molar-refractivity contribution in [1.29, 1.82) is 0 Å². The Morgan fingerprint density at radius 1 is 1.08 bits per heavy atom. The summed E-state index contributed by atoms with van der Waals surface area (Å²) in [5.41, 5.74) is 6.65. The number of carbonyl (C=O) groups is 2. The molecule has 0 saturated heterocycles. The van der Waals surface area contributed by atoms with Gasteiger partial charge in [0.15, 0.2) is 18.1 Å². The van der Waals surface area contributed by atoms with Gasteiger partial charge in [-0.2, -0.15) is 0 Å². The van der Waals surface area contributed by atoms with E-state index in [9.17, 15) is 9.59 Å². The van der Waals surface area contributed by atoms with Crippen LogP contribution in [0.2, 0.25) is 0 Å². The topological polar surface area (TPSA) is 76.7 Å². The molecular formula is C19H22N2O4S. The van der Waals surface area contributed by atoms with E-state index >= 15 is 0 Å². The zero-order chi connectivity index (χ0) is 18.4. The van der Waals surface area contributed by atoms with Gasteiger partial charge in [-0.3, -0.25) is 20.4 Å². The van der Waals surface area contributed by atoms with Gasteiger partial charge >= 0.3 is 0 Å². The van der Waals surface area contributed by atoms with Crippen LogP contribution in [0.3, 0.4) is 0 Å². The molecule has 0 atom stereocenters. The van der Waals surface area contributed by atoms with Crippen LogP contribution in [0.25, 0.3) is 0 Å². The maximum atomic E-state index is 12.3. The third-order valence-corrected chi connectivity index (χ3v) is 5.22. The fourth-order valence-electron chi connectivity index (χ4n) is 2.90. The third-order valence-electron chi connectivity index (χ3n) is 4.13. The molecule has 1 aliphatic rings. The summed E-state index contributed by atoms with van der Waals surface area (Å²) in [6, 6.07) is 7.14. The molecule has 1 aromatic heterocycles. The first kappa shape index (κ1) is 18.3. The third kappa shape index (κ3) is 4.35. The second kappa shape index (κ2) is 8.71. The number of fused-ring (bicyclic) bond motifs is 1. The van der Waals surface area contributed by atoms with E-state index in [0.717, 1.165) is 24.8 Å². The van der Waals surface area contributed by atoms with Crippen LogP contribution in [0, 0.1) is 0 Å². The zero-order valence-corrected chi connectivity index (χ0v) is 15.5. The number of rotatable bonds is 6. The number of benzene rings is 1. The summed E-state index contributed by atoms with van der Waals surface area (Å²) in [5, 5.41) is 1.87. The quantitative estimate of drug-likeness (QED) is 0.763. The number of nitrogens with one attached hydrogen (secondary N) is 2. The van der Waals surface area contributed by atoms with Gasteiger partial charge in [0.05, 0.1) is 12.2 Å². The largest absolute Gasteiger partial charge is 0.490 e. The van der Waals surface area contributed by atoms with Crippen molar-refractivity contribution in [3.05, 3.63) is 45.6 Å². The summed E-state index contributed by atoms with van der Waals surface area (Å²) in [6.45, 7) is 2.17. The highest BCUT2D eigenvalue weighted by atomic mass is 32.1. The minimum absolute atomic E-state index is 0.216. The summed E-state index contributed by atoms with van der Waals surface area (Å²) in [5.74, 6) is 0.348. The van der Waals surface area contributed by atoms with Crippen LogP contribution >= 0.6 is 11.3 Å². The molecule has 2 amide bonds. The molecule has 0 aliphatic heterocycles. The lowest BCUT2D eigenvalue weighted by Gasteiger charge is -2.14. The summed E-state index contributed by atoms with van der Waals surface area (Å²) in [6.07, 6.45) is 4.23. The van der Waals surface area contributed by atoms with Crippen molar-refractivity contribution < 1.29 is 19.1 Å². The highest BCUT2D eigenvalue weighted by Crippen LogP contribution is 2.30. The number of amides is 2. The number of hydrazine groups is 1. The fourth-order valence-corrected chi connectivity index (χ4v) is 4.03. The number of ether oxygens (including phenoxy) is 2. The van der Waals surface area contributed by atoms with Crippen molar-refractivity contribution in [2.24, 2.45) is 0 Å². The van der Waals surface area contributed by atoms with Crippen LogP contribution in [0.5, 0.6) is 11.5 Å². The van der Waals surface area contributed by atoms with Gasteiger partial charge in [-0.1, -0.05) is 12.1 Å². The number of thiophene rings is 1. The van der Waals surface area contributed by atoms with Gasteiger partial charge in [0.1, 0.15) is 0 Å². The molecule has 6 nitrogen and oxygen atoms in total. The lowest BCUT2D eigenvalue weighted by atomic mass is 9.96. The average Bonchev–Trinajstić information content (AvgIpc) is 3.10. The lowest BCUT2D eigenvalue weighted by molar-refractivity contribution is -0.123. The Kier molecular flexibility index (Phi) is 6.12. The molecule has 1 aromatic carbocycles. The van der Waals surface area contributed by atoms with Crippen LogP contribution in [-0.2, 0) is 17.6 Å². The molecular weight excluding hydrogens is 352 g/mol. The standard InChI is InChI=1S/C19H22N2O4S/c1-2-24-15-8-4-5-9-16(15)25-11-18(22)20-21-19(23)14-12-26-17-10-6-3-7-13(14)17/h4-5,8-9,12H,2-3,6-7,10-11H2,1H3,(H,20,22)(H,21,23). The molecule has 0 radical (unpaired) electrons. The molecule has 138 valence electrons. The van der Waals surface area contributed by atoms with Crippen molar-refractivity contribution in [1.82, 2.24) is 10.9 Å². The SMILES string of the molecule is CCOc1ccccc1OCC(=O)NNC(=O)c1csc2c1CCCC2. The molecule has 2 aromatic rings. The average molecular weight is 374 g/mol. The minimum Gasteiger partial charge on any atom is -0.490 e. The summed E-state index contributed by atoms with van der Waals surface area (Å²) >= 11 is 1.62. The van der Waals surface area contributed by atoms with Gasteiger partial charge in [0, 0.05) is 10.3 Å². The summed E-state index contributed by atoms with van der Waals surface area (Å²) < 4.78 is 10.9. The highest BCUT2D eigenvalue weighted by Gasteiger charge is 2.20. The van der Waals surface area contributed by atoms with E-state index in [1.165, 1.54) is 11.3 Å². The first-order chi connectivity index (χ1) is 12.7. The van der Waals surface area contributed by atoms with Crippen LogP contribution in [0.4, 0.5) is 0 Å². The highest BCUT2D eigenvalue weighted by molar-refractivity contribution is 7.10. The van der Waals surface area contributed by atoms with Crippen molar-refractivity contribution in [3.8, 4) is 11.5 Å². The monoisotopic (exact) mass is 374 g/mol. The van der Waals surface area contributed by atoms with E-state index < -0.39 is 5.91 Å². The maximum Gasteiger partial charge on any atom is 0.276 e. The molecule has 3 rings (SSSR count). The minimum atomic E-state index is -0.436. The van der Waals surface area contributed by atoms with Crippen molar-refractivity contribution in [2.75, 3.05) is 13.2 Å². The second-order valence-corrected chi connectivity index (χ2v) is 6.89. The predicted molar refractivity (Wildman–Crippen MR) is 99.7 cm³/mol. The van der Waals surface area contributed by atoms with Crippen LogP contribution in [0.1, 0.15) is 40.6 Å². The van der Waals surface area contributed by atoms with Gasteiger partial charge in [-0.05, 0) is 50.3 Å². The van der Waals surface area contributed by atoms with Crippen LogP contribution in [0.15, 0.2) is 29.6 Å². The van der Waals surface area contributed by atoms with E-state index in [1.807, 2.05) is 18.4 Å². The van der Waals surface area contributed by atoms with E-state index in [-0.39, 0.29) is 12.5 Å². The smallest absolute Gasteiger partial charge is 0.276 e. The van der Waals surface area contributed by atoms with Crippen molar-refractivity contribution in [3.63, 3.8) is 0 Å². The molecule has 2 N–H and O–H groups in total. The molecule has 1 heterocycles. The lowest BCUT2D eigenvalue weighted by Crippen LogP contribution is -2.44. The molecule has 1 aliphatic carbocycles. The Bertz CT molecular complexity index is 788. The molecule has 0 fully saturated rings. The van der Waals surface area contributed by atoms with Crippen molar-refractivity contribution >= 4 is 23.2 Å². The summed E-state index contributed by atoms with van der Waals surface area (Å²) in [7, 11) is 0. The molecule has 0 spiro atoms. The maximum absolute atomic E-state index is 12.3. The fraction of sp³-hybridized carbons (Fsp3) is 0.368. The summed E-state index contributed by atoms with van der Waals surface area (Å²) in [4.78, 5) is 25.6. The molecule has 7 heteroatoms. The second-order valence-electron chi connectivity index (χ2n) is 5.93. The first-order valence-electron chi connectivity index (χ1n) is 8.72. The van der Waals surface area contributed by atoms with Crippen LogP contribution < -0.4 is 20.3 Å². The Morgan fingerprint density at radius 3 is 2.58 bits per heavy atom. The molecule has 0 bridgehead atoms. The van der Waals surface area contributed by atoms with E-state index in [2.05, 4.69) is 10.9 Å². The Hall–Kier alpha value is -2.54. The van der Waals surface area contributed by atoms with Crippen LogP contribution in [-0.4, -0.2) is 25.0 Å². The number of carbonyl (C=O) groups excluding carboxylic acids is 2. The predicted octanol–water partition coefficient (Wildman–Crippen LogP) is 2.87. The number of hydrogen-bond donors (Lipinski definition) is 2. The van der Waals surface area contributed by atoms with Crippen molar-refractivity contribution in [2.45, 2.75) is 32.6 Å². The normalized spacial score (nSPS) is 12.8. The van der Waals surface area contributed by atoms with Gasteiger partial charge < -0.3 is 9.47 Å². The Labute approximate surface area is 156 Å². The van der Waals surface area contributed by atoms with Gasteiger partial charge in [0.2, 0.25) is 0 Å². The zero-order valence-electron chi connectivity index (χ0n) is 14.7. The van der Waals surface area contributed by atoms with Gasteiger partial charge in [-0.25, -0.2) is 0 Å². The number of hydrogen-bond acceptors (Lipinski definition) is 5. The molecule has 0 saturated carbocycles. The Morgan fingerprint density at radius 2 is 1.81 bits per heavy atom. The number of aryl methyl sites for hydroxylation is 1. The van der Waals surface area contributed by atoms with Gasteiger partial charge in [0.25, 0.3) is 11.8 Å². The Balaban J connectivity index is 1.50. The number of para-hydroxylation sites is 2. The molecule has 26 heavy (non-hydrogen) atoms. The van der Waals surface area contributed by atoms with Gasteiger partial charge in [-0.15, -0.1) is 11.3 Å². The van der Waals surface area contributed by atoms with E-state index in [1.54, 1.807) is 29.5 Å². The van der Waals surface area contributed by atoms with E-state index in [0.29, 0.717) is 23.7 Å². The van der Waals surface area contributed by atoms with E-state index in [4.69, 9.17) is 9.47 Å².